The van der Waals surface area contributed by atoms with Crippen LogP contribution in [0, 0.1) is 5.41 Å². The zero-order chi connectivity index (χ0) is 21.7. The SMILES string of the molecule is CNC(=O)[C@]1(Cc2cc(-c3ccccc3)no2)CCN(C(=O)CCc2ccccc2)C1. The van der Waals surface area contributed by atoms with Crippen molar-refractivity contribution >= 4 is 11.8 Å². The average Bonchev–Trinajstić information content (AvgIpc) is 3.47. The molecule has 0 spiro atoms. The molecule has 6 heteroatoms. The van der Waals surface area contributed by atoms with Gasteiger partial charge in [0.25, 0.3) is 0 Å². The van der Waals surface area contributed by atoms with Crippen LogP contribution in [0.1, 0.15) is 24.2 Å². The molecule has 0 bridgehead atoms. The van der Waals surface area contributed by atoms with E-state index in [1.54, 1.807) is 7.05 Å². The summed E-state index contributed by atoms with van der Waals surface area (Å²) in [6.07, 6.45) is 2.15. The third-order valence-electron chi connectivity index (χ3n) is 6.03. The molecule has 1 aliphatic heterocycles. The molecular formula is C25H27N3O3. The Bertz CT molecular complexity index is 1030. The van der Waals surface area contributed by atoms with E-state index in [4.69, 9.17) is 4.52 Å². The Labute approximate surface area is 182 Å². The fourth-order valence-electron chi connectivity index (χ4n) is 4.29. The summed E-state index contributed by atoms with van der Waals surface area (Å²) >= 11 is 0. The molecule has 1 aromatic heterocycles. The normalized spacial score (nSPS) is 18.2. The first-order chi connectivity index (χ1) is 15.1. The van der Waals surface area contributed by atoms with Crippen LogP contribution in [0.2, 0.25) is 0 Å². The van der Waals surface area contributed by atoms with Crippen molar-refractivity contribution in [2.24, 2.45) is 5.41 Å². The topological polar surface area (TPSA) is 75.4 Å². The molecule has 1 fully saturated rings. The van der Waals surface area contributed by atoms with Crippen LogP contribution in [0.25, 0.3) is 11.3 Å². The summed E-state index contributed by atoms with van der Waals surface area (Å²) in [6.45, 7) is 0.961. The van der Waals surface area contributed by atoms with Gasteiger partial charge >= 0.3 is 0 Å². The van der Waals surface area contributed by atoms with E-state index in [1.165, 1.54) is 0 Å². The molecule has 0 unspecified atom stereocenters. The molecule has 1 aliphatic rings. The lowest BCUT2D eigenvalue weighted by molar-refractivity contribution is -0.133. The average molecular weight is 418 g/mol. The minimum absolute atomic E-state index is 0.0662. The van der Waals surface area contributed by atoms with Crippen molar-refractivity contribution in [3.05, 3.63) is 78.1 Å². The summed E-state index contributed by atoms with van der Waals surface area (Å²) in [6, 6.07) is 21.7. The van der Waals surface area contributed by atoms with Gasteiger partial charge in [0.15, 0.2) is 0 Å². The van der Waals surface area contributed by atoms with Crippen LogP contribution in [-0.2, 0) is 22.4 Å². The molecule has 1 atom stereocenters. The van der Waals surface area contributed by atoms with E-state index in [-0.39, 0.29) is 11.8 Å². The Hall–Kier alpha value is -3.41. The molecule has 2 amide bonds. The zero-order valence-corrected chi connectivity index (χ0v) is 17.7. The Balaban J connectivity index is 1.45. The number of likely N-dealkylation sites (tertiary alicyclic amines) is 1. The standard InChI is InChI=1S/C25H27N3O3/c1-26-24(30)25(17-21-16-22(27-31-21)20-10-6-3-7-11-20)14-15-28(18-25)23(29)13-12-19-8-4-2-5-9-19/h2-11,16H,12-15,17-18H2,1H3,(H,26,30)/t25-/m0/s1. The van der Waals surface area contributed by atoms with E-state index in [0.29, 0.717) is 44.5 Å². The summed E-state index contributed by atoms with van der Waals surface area (Å²) in [5.74, 6) is 0.668. The highest BCUT2D eigenvalue weighted by atomic mass is 16.5. The lowest BCUT2D eigenvalue weighted by atomic mass is 9.81. The van der Waals surface area contributed by atoms with Crippen LogP contribution in [0.5, 0.6) is 0 Å². The number of amides is 2. The summed E-state index contributed by atoms with van der Waals surface area (Å²) < 4.78 is 5.57. The predicted octanol–water partition coefficient (Wildman–Crippen LogP) is 3.48. The maximum absolute atomic E-state index is 12.9. The third kappa shape index (κ3) is 4.68. The highest BCUT2D eigenvalue weighted by Gasteiger charge is 2.46. The zero-order valence-electron chi connectivity index (χ0n) is 17.7. The maximum Gasteiger partial charge on any atom is 0.228 e. The van der Waals surface area contributed by atoms with Crippen molar-refractivity contribution in [3.8, 4) is 11.3 Å². The first-order valence-corrected chi connectivity index (χ1v) is 10.6. The fraction of sp³-hybridized carbons (Fsp3) is 0.320. The van der Waals surface area contributed by atoms with Gasteiger partial charge in [0.2, 0.25) is 11.8 Å². The smallest absolute Gasteiger partial charge is 0.228 e. The fourth-order valence-corrected chi connectivity index (χ4v) is 4.29. The van der Waals surface area contributed by atoms with Crippen molar-refractivity contribution in [2.75, 3.05) is 20.1 Å². The van der Waals surface area contributed by atoms with Crippen LogP contribution >= 0.6 is 0 Å². The third-order valence-corrected chi connectivity index (χ3v) is 6.03. The molecule has 160 valence electrons. The number of rotatable bonds is 7. The van der Waals surface area contributed by atoms with E-state index in [9.17, 15) is 9.59 Å². The van der Waals surface area contributed by atoms with Gasteiger partial charge in [-0.1, -0.05) is 65.8 Å². The van der Waals surface area contributed by atoms with E-state index in [2.05, 4.69) is 10.5 Å². The van der Waals surface area contributed by atoms with Crippen LogP contribution < -0.4 is 5.32 Å². The summed E-state index contributed by atoms with van der Waals surface area (Å²) in [4.78, 5) is 27.5. The molecule has 2 aromatic carbocycles. The first-order valence-electron chi connectivity index (χ1n) is 10.6. The second-order valence-electron chi connectivity index (χ2n) is 8.13. The summed E-state index contributed by atoms with van der Waals surface area (Å²) in [5.41, 5.74) is 2.15. The number of nitrogens with zero attached hydrogens (tertiary/aromatic N) is 2. The lowest BCUT2D eigenvalue weighted by Crippen LogP contribution is -2.44. The van der Waals surface area contributed by atoms with Crippen LogP contribution in [0.4, 0.5) is 0 Å². The Morgan fingerprint density at radius 3 is 2.52 bits per heavy atom. The number of hydrogen-bond donors (Lipinski definition) is 1. The Morgan fingerprint density at radius 1 is 1.10 bits per heavy atom. The highest BCUT2D eigenvalue weighted by Crippen LogP contribution is 2.36. The van der Waals surface area contributed by atoms with E-state index < -0.39 is 5.41 Å². The van der Waals surface area contributed by atoms with Crippen LogP contribution in [0.3, 0.4) is 0 Å². The maximum atomic E-state index is 12.9. The van der Waals surface area contributed by atoms with Crippen molar-refractivity contribution in [2.45, 2.75) is 25.7 Å². The van der Waals surface area contributed by atoms with E-state index in [1.807, 2.05) is 71.6 Å². The number of hydrogen-bond acceptors (Lipinski definition) is 4. The van der Waals surface area contributed by atoms with E-state index >= 15 is 0 Å². The number of nitrogens with one attached hydrogen (secondary N) is 1. The van der Waals surface area contributed by atoms with Crippen LogP contribution in [-0.4, -0.2) is 42.0 Å². The largest absolute Gasteiger partial charge is 0.361 e. The highest BCUT2D eigenvalue weighted by molar-refractivity contribution is 5.85. The Morgan fingerprint density at radius 2 is 1.81 bits per heavy atom. The molecular weight excluding hydrogens is 390 g/mol. The van der Waals surface area contributed by atoms with Gasteiger partial charge in [0.1, 0.15) is 11.5 Å². The molecule has 1 N–H and O–H groups in total. The van der Waals surface area contributed by atoms with Gasteiger partial charge in [0, 0.05) is 44.6 Å². The second kappa shape index (κ2) is 9.16. The Kier molecular flexibility index (Phi) is 6.16. The lowest BCUT2D eigenvalue weighted by Gasteiger charge is -2.26. The number of benzene rings is 2. The molecule has 1 saturated heterocycles. The molecule has 2 heterocycles. The quantitative estimate of drug-likeness (QED) is 0.639. The van der Waals surface area contributed by atoms with Gasteiger partial charge in [-0.05, 0) is 18.4 Å². The number of carbonyl (C=O) groups excluding carboxylic acids is 2. The predicted molar refractivity (Wildman–Crippen MR) is 118 cm³/mol. The van der Waals surface area contributed by atoms with E-state index in [0.717, 1.165) is 16.8 Å². The van der Waals surface area contributed by atoms with Gasteiger partial charge in [-0.25, -0.2) is 0 Å². The number of aromatic nitrogens is 1. The first kappa shape index (κ1) is 20.8. The van der Waals surface area contributed by atoms with Gasteiger partial charge in [-0.3, -0.25) is 9.59 Å². The van der Waals surface area contributed by atoms with Crippen molar-refractivity contribution in [1.82, 2.24) is 15.4 Å². The minimum Gasteiger partial charge on any atom is -0.361 e. The molecule has 0 aliphatic carbocycles. The van der Waals surface area contributed by atoms with Gasteiger partial charge in [-0.2, -0.15) is 0 Å². The molecule has 0 radical (unpaired) electrons. The molecule has 3 aromatic rings. The van der Waals surface area contributed by atoms with Gasteiger partial charge in [-0.15, -0.1) is 0 Å². The molecule has 0 saturated carbocycles. The minimum atomic E-state index is -0.704. The second-order valence-corrected chi connectivity index (χ2v) is 8.13. The van der Waals surface area contributed by atoms with Crippen molar-refractivity contribution in [1.29, 1.82) is 0 Å². The van der Waals surface area contributed by atoms with Gasteiger partial charge in [0.05, 0.1) is 5.41 Å². The van der Waals surface area contributed by atoms with Crippen LogP contribution in [0.15, 0.2) is 71.3 Å². The number of aryl methyl sites for hydroxylation is 1. The molecule has 4 rings (SSSR count). The van der Waals surface area contributed by atoms with Crippen molar-refractivity contribution < 1.29 is 14.1 Å². The number of carbonyl (C=O) groups is 2. The monoisotopic (exact) mass is 417 g/mol. The molecule has 6 nitrogen and oxygen atoms in total. The molecule has 31 heavy (non-hydrogen) atoms. The van der Waals surface area contributed by atoms with Gasteiger partial charge < -0.3 is 14.7 Å². The summed E-state index contributed by atoms with van der Waals surface area (Å²) in [5, 5.41) is 6.96. The summed E-state index contributed by atoms with van der Waals surface area (Å²) in [7, 11) is 1.64. The van der Waals surface area contributed by atoms with Crippen molar-refractivity contribution in [3.63, 3.8) is 0 Å².